The van der Waals surface area contributed by atoms with Crippen molar-refractivity contribution in [1.29, 1.82) is 0 Å². The molecule has 0 aliphatic heterocycles. The average molecular weight is 307 g/mol. The maximum atomic E-state index is 5.77. The van der Waals surface area contributed by atoms with Gasteiger partial charge in [-0.15, -0.1) is 0 Å². The summed E-state index contributed by atoms with van der Waals surface area (Å²) in [5.74, 6) is 1.72. The number of hydrogen-bond donors (Lipinski definition) is 1. The summed E-state index contributed by atoms with van der Waals surface area (Å²) in [6.45, 7) is 1.67. The zero-order valence-corrected chi connectivity index (χ0v) is 13.1. The minimum absolute atomic E-state index is 0.513. The van der Waals surface area contributed by atoms with Crippen LogP contribution in [0.2, 0.25) is 0 Å². The molecule has 3 aromatic rings. The third kappa shape index (κ3) is 4.24. The van der Waals surface area contributed by atoms with E-state index >= 15 is 0 Å². The highest BCUT2D eigenvalue weighted by Gasteiger charge is 1.99. The van der Waals surface area contributed by atoms with E-state index in [0.29, 0.717) is 19.8 Å². The van der Waals surface area contributed by atoms with E-state index in [0.717, 1.165) is 17.9 Å². The minimum atomic E-state index is 0.513. The van der Waals surface area contributed by atoms with Gasteiger partial charge in [0.15, 0.2) is 0 Å². The fraction of sp³-hybridized carbons (Fsp3) is 0.200. The standard InChI is InChI=1S/C20H21NO2/c21-11-10-16-4-3-7-19(14-16)22-12-13-23-20-9-8-17-5-1-2-6-18(17)15-20/h1-9,14-15H,10-13,21H2. The first kappa shape index (κ1) is 15.4. The van der Waals surface area contributed by atoms with Gasteiger partial charge in [0.2, 0.25) is 0 Å². The molecule has 118 valence electrons. The molecule has 0 saturated heterocycles. The molecule has 0 heterocycles. The van der Waals surface area contributed by atoms with Crippen molar-refractivity contribution >= 4 is 10.8 Å². The molecule has 0 bridgehead atoms. The van der Waals surface area contributed by atoms with Crippen LogP contribution in [-0.4, -0.2) is 19.8 Å². The van der Waals surface area contributed by atoms with Gasteiger partial charge in [-0.05, 0) is 53.6 Å². The van der Waals surface area contributed by atoms with Crippen molar-refractivity contribution in [2.24, 2.45) is 5.73 Å². The summed E-state index contributed by atoms with van der Waals surface area (Å²) in [4.78, 5) is 0. The van der Waals surface area contributed by atoms with Crippen LogP contribution in [0, 0.1) is 0 Å². The topological polar surface area (TPSA) is 44.5 Å². The van der Waals surface area contributed by atoms with E-state index in [1.807, 2.05) is 36.4 Å². The van der Waals surface area contributed by atoms with Gasteiger partial charge in [-0.25, -0.2) is 0 Å². The summed E-state index contributed by atoms with van der Waals surface area (Å²) in [6, 6.07) is 22.4. The Morgan fingerprint density at radius 2 is 1.43 bits per heavy atom. The Kier molecular flexibility index (Phi) is 5.12. The lowest BCUT2D eigenvalue weighted by molar-refractivity contribution is 0.217. The molecule has 0 amide bonds. The zero-order chi connectivity index (χ0) is 15.9. The molecule has 0 aliphatic rings. The van der Waals surface area contributed by atoms with Gasteiger partial charge < -0.3 is 15.2 Å². The number of nitrogens with two attached hydrogens (primary N) is 1. The largest absolute Gasteiger partial charge is 0.490 e. The lowest BCUT2D eigenvalue weighted by Gasteiger charge is -2.10. The van der Waals surface area contributed by atoms with Crippen molar-refractivity contribution in [2.75, 3.05) is 19.8 Å². The fourth-order valence-electron chi connectivity index (χ4n) is 2.53. The molecular weight excluding hydrogens is 286 g/mol. The van der Waals surface area contributed by atoms with Gasteiger partial charge in [-0.1, -0.05) is 42.5 Å². The molecule has 0 aromatic heterocycles. The zero-order valence-electron chi connectivity index (χ0n) is 13.1. The maximum Gasteiger partial charge on any atom is 0.122 e. The second-order valence-electron chi connectivity index (χ2n) is 5.39. The van der Waals surface area contributed by atoms with E-state index in [9.17, 15) is 0 Å². The maximum absolute atomic E-state index is 5.77. The van der Waals surface area contributed by atoms with Crippen molar-refractivity contribution in [1.82, 2.24) is 0 Å². The first-order chi connectivity index (χ1) is 11.3. The predicted octanol–water partition coefficient (Wildman–Crippen LogP) is 3.80. The minimum Gasteiger partial charge on any atom is -0.490 e. The lowest BCUT2D eigenvalue weighted by Crippen LogP contribution is -2.09. The molecule has 0 radical (unpaired) electrons. The molecule has 2 N–H and O–H groups in total. The van der Waals surface area contributed by atoms with Crippen LogP contribution in [0.25, 0.3) is 10.8 Å². The number of fused-ring (bicyclic) bond motifs is 1. The Hall–Kier alpha value is -2.52. The van der Waals surface area contributed by atoms with Crippen molar-refractivity contribution in [3.63, 3.8) is 0 Å². The second kappa shape index (κ2) is 7.65. The Labute approximate surface area is 136 Å². The van der Waals surface area contributed by atoms with Crippen molar-refractivity contribution in [2.45, 2.75) is 6.42 Å². The van der Waals surface area contributed by atoms with E-state index in [-0.39, 0.29) is 0 Å². The SMILES string of the molecule is NCCc1cccc(OCCOc2ccc3ccccc3c2)c1. The van der Waals surface area contributed by atoms with Gasteiger partial charge in [0.05, 0.1) is 0 Å². The average Bonchev–Trinajstić information content (AvgIpc) is 2.59. The van der Waals surface area contributed by atoms with Gasteiger partial charge in [0.1, 0.15) is 24.7 Å². The molecule has 0 saturated carbocycles. The third-order valence-electron chi connectivity index (χ3n) is 3.67. The summed E-state index contributed by atoms with van der Waals surface area (Å²) >= 11 is 0. The molecule has 0 fully saturated rings. The van der Waals surface area contributed by atoms with Crippen molar-refractivity contribution in [3.8, 4) is 11.5 Å². The van der Waals surface area contributed by atoms with Crippen LogP contribution in [0.3, 0.4) is 0 Å². The van der Waals surface area contributed by atoms with Gasteiger partial charge in [-0.3, -0.25) is 0 Å². The van der Waals surface area contributed by atoms with Crippen LogP contribution in [0.5, 0.6) is 11.5 Å². The smallest absolute Gasteiger partial charge is 0.122 e. The normalized spacial score (nSPS) is 10.7. The van der Waals surface area contributed by atoms with Gasteiger partial charge in [0, 0.05) is 0 Å². The molecule has 3 heteroatoms. The first-order valence-electron chi connectivity index (χ1n) is 7.88. The van der Waals surface area contributed by atoms with E-state index < -0.39 is 0 Å². The molecule has 0 spiro atoms. The van der Waals surface area contributed by atoms with Crippen LogP contribution < -0.4 is 15.2 Å². The number of hydrogen-bond acceptors (Lipinski definition) is 3. The summed E-state index contributed by atoms with van der Waals surface area (Å²) in [5, 5.41) is 2.40. The molecule has 3 nitrogen and oxygen atoms in total. The number of rotatable bonds is 7. The van der Waals surface area contributed by atoms with E-state index in [4.69, 9.17) is 15.2 Å². The number of ether oxygens (including phenoxy) is 2. The van der Waals surface area contributed by atoms with Crippen LogP contribution in [0.1, 0.15) is 5.56 Å². The third-order valence-corrected chi connectivity index (χ3v) is 3.67. The predicted molar refractivity (Wildman–Crippen MR) is 94.1 cm³/mol. The van der Waals surface area contributed by atoms with E-state index in [1.165, 1.54) is 16.3 Å². The van der Waals surface area contributed by atoms with Crippen molar-refractivity contribution in [3.05, 3.63) is 72.3 Å². The van der Waals surface area contributed by atoms with Crippen LogP contribution in [0.4, 0.5) is 0 Å². The Balaban J connectivity index is 1.51. The molecular formula is C20H21NO2. The fourth-order valence-corrected chi connectivity index (χ4v) is 2.53. The summed E-state index contributed by atoms with van der Waals surface area (Å²) in [5.41, 5.74) is 6.77. The molecule has 3 rings (SSSR count). The molecule has 0 atom stereocenters. The van der Waals surface area contributed by atoms with Gasteiger partial charge in [0.25, 0.3) is 0 Å². The monoisotopic (exact) mass is 307 g/mol. The van der Waals surface area contributed by atoms with Crippen LogP contribution >= 0.6 is 0 Å². The van der Waals surface area contributed by atoms with Crippen LogP contribution in [-0.2, 0) is 6.42 Å². The Bertz CT molecular complexity index is 770. The molecule has 23 heavy (non-hydrogen) atoms. The summed E-state index contributed by atoms with van der Waals surface area (Å²) < 4.78 is 11.5. The van der Waals surface area contributed by atoms with E-state index in [2.05, 4.69) is 30.3 Å². The number of benzene rings is 3. The highest BCUT2D eigenvalue weighted by molar-refractivity contribution is 5.83. The van der Waals surface area contributed by atoms with Gasteiger partial charge in [-0.2, -0.15) is 0 Å². The highest BCUT2D eigenvalue weighted by Crippen LogP contribution is 2.20. The summed E-state index contributed by atoms with van der Waals surface area (Å²) in [7, 11) is 0. The van der Waals surface area contributed by atoms with Gasteiger partial charge >= 0.3 is 0 Å². The van der Waals surface area contributed by atoms with Crippen molar-refractivity contribution < 1.29 is 9.47 Å². The highest BCUT2D eigenvalue weighted by atomic mass is 16.5. The second-order valence-corrected chi connectivity index (χ2v) is 5.39. The first-order valence-corrected chi connectivity index (χ1v) is 7.88. The molecule has 0 unspecified atom stereocenters. The lowest BCUT2D eigenvalue weighted by atomic mass is 10.1. The van der Waals surface area contributed by atoms with Crippen LogP contribution in [0.15, 0.2) is 66.7 Å². The Morgan fingerprint density at radius 3 is 2.22 bits per heavy atom. The molecule has 3 aromatic carbocycles. The quantitative estimate of drug-likeness (QED) is 0.675. The van der Waals surface area contributed by atoms with E-state index in [1.54, 1.807) is 0 Å². The molecule has 0 aliphatic carbocycles. The Morgan fingerprint density at radius 1 is 0.696 bits per heavy atom. The summed E-state index contributed by atoms with van der Waals surface area (Å²) in [6.07, 6.45) is 0.866.